The highest BCUT2D eigenvalue weighted by Gasteiger charge is 2.27. The molecule has 1 aromatic heterocycles. The van der Waals surface area contributed by atoms with Crippen LogP contribution in [0.1, 0.15) is 41.7 Å². The second-order valence-electron chi connectivity index (χ2n) is 12.0. The van der Waals surface area contributed by atoms with Crippen LogP contribution < -0.4 is 21.3 Å². The number of nitriles is 1. The maximum atomic E-state index is 14.4. The minimum Gasteiger partial charge on any atom is -0.381 e. The van der Waals surface area contributed by atoms with Crippen molar-refractivity contribution in [2.75, 3.05) is 75.1 Å². The maximum absolute atomic E-state index is 14.4. The molecule has 4 heterocycles. The molecule has 236 valence electrons. The molecule has 0 saturated carbocycles. The number of carbonyl (C=O) groups is 1. The highest BCUT2D eigenvalue weighted by atomic mass is 19.1. The van der Waals surface area contributed by atoms with Gasteiger partial charge in [0.25, 0.3) is 5.91 Å². The van der Waals surface area contributed by atoms with Gasteiger partial charge in [-0.25, -0.2) is 14.4 Å². The van der Waals surface area contributed by atoms with E-state index in [1.165, 1.54) is 18.2 Å². The molecule has 3 fully saturated rings. The minimum atomic E-state index is -0.793. The first-order valence-corrected chi connectivity index (χ1v) is 15.7. The Morgan fingerprint density at radius 1 is 0.978 bits per heavy atom. The van der Waals surface area contributed by atoms with Gasteiger partial charge in [-0.3, -0.25) is 9.69 Å². The van der Waals surface area contributed by atoms with Gasteiger partial charge < -0.3 is 30.9 Å². The number of likely N-dealkylation sites (N-methyl/N-ethyl adjacent to an activating group) is 1. The molecule has 11 nitrogen and oxygen atoms in total. The van der Waals surface area contributed by atoms with Gasteiger partial charge in [-0.2, -0.15) is 5.26 Å². The third-order valence-corrected chi connectivity index (χ3v) is 9.06. The Labute approximate surface area is 263 Å². The van der Waals surface area contributed by atoms with Crippen LogP contribution in [0.2, 0.25) is 0 Å². The first-order valence-electron chi connectivity index (χ1n) is 15.7. The molecule has 3 aliphatic heterocycles. The third kappa shape index (κ3) is 7.17. The summed E-state index contributed by atoms with van der Waals surface area (Å²) in [6.45, 7) is 7.76. The van der Waals surface area contributed by atoms with Crippen molar-refractivity contribution >= 4 is 28.9 Å². The molecule has 2 aromatic carbocycles. The molecule has 0 radical (unpaired) electrons. The largest absolute Gasteiger partial charge is 0.381 e. The van der Waals surface area contributed by atoms with Crippen LogP contribution >= 0.6 is 0 Å². The van der Waals surface area contributed by atoms with Crippen molar-refractivity contribution in [1.29, 1.82) is 5.26 Å². The maximum Gasteiger partial charge on any atom is 0.271 e. The van der Waals surface area contributed by atoms with Crippen molar-refractivity contribution in [1.82, 2.24) is 19.8 Å². The molecule has 1 amide bonds. The number of primary amides is 1. The summed E-state index contributed by atoms with van der Waals surface area (Å²) in [4.78, 5) is 29.4. The van der Waals surface area contributed by atoms with Gasteiger partial charge in [0.1, 0.15) is 11.5 Å². The van der Waals surface area contributed by atoms with Crippen molar-refractivity contribution in [3.63, 3.8) is 0 Å². The van der Waals surface area contributed by atoms with Crippen molar-refractivity contribution in [3.05, 3.63) is 59.5 Å². The molecule has 0 atom stereocenters. The van der Waals surface area contributed by atoms with E-state index in [-0.39, 0.29) is 34.4 Å². The Morgan fingerprint density at radius 3 is 2.36 bits per heavy atom. The summed E-state index contributed by atoms with van der Waals surface area (Å²) in [7, 11) is 2.19. The van der Waals surface area contributed by atoms with Crippen LogP contribution in [0.4, 0.5) is 27.4 Å². The van der Waals surface area contributed by atoms with Crippen molar-refractivity contribution in [2.45, 2.75) is 37.8 Å². The zero-order chi connectivity index (χ0) is 31.3. The van der Waals surface area contributed by atoms with Crippen LogP contribution in [0.15, 0.2) is 42.5 Å². The van der Waals surface area contributed by atoms with Crippen LogP contribution in [0.5, 0.6) is 0 Å². The number of aromatic nitrogens is 2. The number of halogens is 1. The first-order chi connectivity index (χ1) is 21.9. The highest BCUT2D eigenvalue weighted by molar-refractivity contribution is 5.98. The number of hydrogen-bond acceptors (Lipinski definition) is 10. The van der Waals surface area contributed by atoms with E-state index in [0.717, 1.165) is 76.3 Å². The van der Waals surface area contributed by atoms with E-state index in [4.69, 9.17) is 15.5 Å². The standard InChI is InChI=1S/C33H40FN9O2/c1-41-14-16-43(17-15-41)27-8-12-42(13-9-27)26-6-4-24(5-7-26)37-33-30(31(36)44)39-29(28-20-23(34)3-2-22(28)21-35)32(40-33)38-25-10-18-45-19-11-25/h2-7,20,25,27H,8-19H2,1H3,(H2,36,44)(H2,37,38,40). The summed E-state index contributed by atoms with van der Waals surface area (Å²) in [6, 6.07) is 14.6. The molecule has 12 heteroatoms. The lowest BCUT2D eigenvalue weighted by atomic mass is 10.0. The number of piperidine rings is 1. The van der Waals surface area contributed by atoms with Crippen molar-refractivity contribution < 1.29 is 13.9 Å². The normalized spacial score (nSPS) is 18.8. The van der Waals surface area contributed by atoms with Crippen LogP contribution in [-0.2, 0) is 4.74 Å². The van der Waals surface area contributed by atoms with E-state index in [1.807, 2.05) is 12.1 Å². The Hall–Kier alpha value is -4.31. The number of rotatable bonds is 8. The Bertz CT molecular complexity index is 1540. The zero-order valence-electron chi connectivity index (χ0n) is 25.6. The lowest BCUT2D eigenvalue weighted by Gasteiger charge is -2.42. The van der Waals surface area contributed by atoms with E-state index in [9.17, 15) is 14.4 Å². The second kappa shape index (κ2) is 13.8. The van der Waals surface area contributed by atoms with E-state index in [1.54, 1.807) is 0 Å². The van der Waals surface area contributed by atoms with Gasteiger partial charge in [-0.05, 0) is 75.2 Å². The fourth-order valence-electron chi connectivity index (χ4n) is 6.40. The SMILES string of the molecule is CN1CCN(C2CCN(c3ccc(Nc4nc(NC5CCOCC5)c(-c5cc(F)ccc5C#N)nc4C(N)=O)cc3)CC2)CC1. The number of anilines is 4. The molecule has 0 spiro atoms. The van der Waals surface area contributed by atoms with Crippen LogP contribution in [0, 0.1) is 17.1 Å². The summed E-state index contributed by atoms with van der Waals surface area (Å²) in [5.74, 6) is -0.819. The number of ether oxygens (including phenoxy) is 1. The number of carbonyl (C=O) groups excluding carboxylic acids is 1. The van der Waals surface area contributed by atoms with Crippen LogP contribution in [0.3, 0.4) is 0 Å². The number of benzene rings is 2. The zero-order valence-corrected chi connectivity index (χ0v) is 25.6. The van der Waals surface area contributed by atoms with E-state index in [0.29, 0.717) is 25.1 Å². The molecule has 3 aliphatic rings. The van der Waals surface area contributed by atoms with Crippen LogP contribution in [-0.4, -0.2) is 97.3 Å². The fraction of sp³-hybridized carbons (Fsp3) is 0.455. The minimum absolute atomic E-state index is 0.0258. The molecular formula is C33H40FN9O2. The summed E-state index contributed by atoms with van der Waals surface area (Å²) in [6.07, 6.45) is 3.78. The number of hydrogen-bond donors (Lipinski definition) is 3. The van der Waals surface area contributed by atoms with E-state index in [2.05, 4.69) is 55.6 Å². The average molecular weight is 614 g/mol. The molecule has 0 unspecified atom stereocenters. The summed E-state index contributed by atoms with van der Waals surface area (Å²) < 4.78 is 19.9. The van der Waals surface area contributed by atoms with Crippen molar-refractivity contribution in [3.8, 4) is 17.3 Å². The number of piperazine rings is 1. The van der Waals surface area contributed by atoms with Gasteiger partial charge in [-0.15, -0.1) is 0 Å². The summed E-state index contributed by atoms with van der Waals surface area (Å²) in [5, 5.41) is 16.4. The molecule has 4 N–H and O–H groups in total. The Morgan fingerprint density at radius 2 is 1.69 bits per heavy atom. The van der Waals surface area contributed by atoms with Gasteiger partial charge in [-0.1, -0.05) is 0 Å². The Kier molecular flexibility index (Phi) is 9.39. The van der Waals surface area contributed by atoms with E-state index < -0.39 is 11.7 Å². The molecule has 6 rings (SSSR count). The molecule has 45 heavy (non-hydrogen) atoms. The Balaban J connectivity index is 1.23. The van der Waals surface area contributed by atoms with Gasteiger partial charge in [0.15, 0.2) is 17.3 Å². The van der Waals surface area contributed by atoms with Crippen molar-refractivity contribution in [2.24, 2.45) is 5.73 Å². The lowest BCUT2D eigenvalue weighted by Crippen LogP contribution is -2.52. The lowest BCUT2D eigenvalue weighted by molar-refractivity contribution is 0.0904. The third-order valence-electron chi connectivity index (χ3n) is 9.06. The van der Waals surface area contributed by atoms with Crippen LogP contribution in [0.25, 0.3) is 11.3 Å². The van der Waals surface area contributed by atoms with E-state index >= 15 is 0 Å². The number of nitrogens with zero attached hydrogens (tertiary/aromatic N) is 6. The number of amides is 1. The molecule has 0 bridgehead atoms. The van der Waals surface area contributed by atoms with Gasteiger partial charge >= 0.3 is 0 Å². The van der Waals surface area contributed by atoms with Gasteiger partial charge in [0, 0.05) is 81.5 Å². The first kappa shape index (κ1) is 30.7. The second-order valence-corrected chi connectivity index (χ2v) is 12.0. The fourth-order valence-corrected chi connectivity index (χ4v) is 6.40. The number of nitrogens with one attached hydrogen (secondary N) is 2. The monoisotopic (exact) mass is 613 g/mol. The molecule has 3 aromatic rings. The quantitative estimate of drug-likeness (QED) is 0.344. The smallest absolute Gasteiger partial charge is 0.271 e. The summed E-state index contributed by atoms with van der Waals surface area (Å²) >= 11 is 0. The highest BCUT2D eigenvalue weighted by Crippen LogP contribution is 2.33. The molecule has 0 aliphatic carbocycles. The predicted octanol–water partition coefficient (Wildman–Crippen LogP) is 3.80. The molecule has 3 saturated heterocycles. The number of nitrogens with two attached hydrogens (primary N) is 1. The van der Waals surface area contributed by atoms with Gasteiger partial charge in [0.05, 0.1) is 11.6 Å². The summed E-state index contributed by atoms with van der Waals surface area (Å²) in [5.41, 5.74) is 8.16. The van der Waals surface area contributed by atoms with Gasteiger partial charge in [0.2, 0.25) is 0 Å². The average Bonchev–Trinajstić information content (AvgIpc) is 3.06. The topological polar surface area (TPSA) is 136 Å². The predicted molar refractivity (Wildman–Crippen MR) is 172 cm³/mol. The molecular weight excluding hydrogens is 573 g/mol.